The van der Waals surface area contributed by atoms with Crippen molar-refractivity contribution in [2.75, 3.05) is 0 Å². The average molecular weight is 230 g/mol. The van der Waals surface area contributed by atoms with E-state index in [1.807, 2.05) is 36.8 Å². The van der Waals surface area contributed by atoms with E-state index in [1.165, 1.54) is 16.7 Å². The molecule has 0 unspecified atom stereocenters. The van der Waals surface area contributed by atoms with Crippen molar-refractivity contribution in [1.29, 1.82) is 0 Å². The lowest BCUT2D eigenvalue weighted by atomic mass is 10.0. The van der Waals surface area contributed by atoms with E-state index < -0.39 is 0 Å². The Bertz CT molecular complexity index is 733. The van der Waals surface area contributed by atoms with Crippen molar-refractivity contribution in [1.82, 2.24) is 9.97 Å². The van der Waals surface area contributed by atoms with Crippen molar-refractivity contribution >= 4 is 0 Å². The van der Waals surface area contributed by atoms with E-state index in [9.17, 15) is 0 Å². The number of benzene rings is 1. The zero-order valence-corrected chi connectivity index (χ0v) is 9.67. The first-order valence-corrected chi connectivity index (χ1v) is 5.93. The molecule has 2 nitrogen and oxygen atoms in total. The second kappa shape index (κ2) is 3.50. The Morgan fingerprint density at radius 3 is 2.22 bits per heavy atom. The molecule has 1 aliphatic carbocycles. The first kappa shape index (κ1) is 9.54. The van der Waals surface area contributed by atoms with Crippen LogP contribution in [0.3, 0.4) is 0 Å². The predicted molar refractivity (Wildman–Crippen MR) is 71.9 cm³/mol. The molecule has 18 heavy (non-hydrogen) atoms. The molecule has 2 heteroatoms. The van der Waals surface area contributed by atoms with Gasteiger partial charge in [0, 0.05) is 40.8 Å². The van der Waals surface area contributed by atoms with Crippen molar-refractivity contribution in [3.05, 3.63) is 61.1 Å². The van der Waals surface area contributed by atoms with Crippen LogP contribution < -0.4 is 0 Å². The second-order valence-corrected chi connectivity index (χ2v) is 4.44. The number of hydrogen-bond donors (Lipinski definition) is 0. The largest absolute Gasteiger partial charge is 0.263 e. The minimum Gasteiger partial charge on any atom is -0.263 e. The fourth-order valence-electron chi connectivity index (χ4n) is 2.23. The monoisotopic (exact) mass is 230 g/mol. The van der Waals surface area contributed by atoms with Crippen LogP contribution in [-0.2, 0) is 0 Å². The first-order chi connectivity index (χ1) is 8.92. The molecule has 2 heterocycles. The molecule has 2 aromatic rings. The zero-order chi connectivity index (χ0) is 11.9. The lowest BCUT2D eigenvalue weighted by Gasteiger charge is -2.03. The van der Waals surface area contributed by atoms with Crippen LogP contribution in [0.1, 0.15) is 0 Å². The van der Waals surface area contributed by atoms with E-state index in [4.69, 9.17) is 0 Å². The molecule has 2 aliphatic rings. The summed E-state index contributed by atoms with van der Waals surface area (Å²) < 4.78 is 0. The third-order valence-corrected chi connectivity index (χ3v) is 3.25. The molecule has 1 aromatic carbocycles. The molecule has 84 valence electrons. The van der Waals surface area contributed by atoms with E-state index in [-0.39, 0.29) is 0 Å². The summed E-state index contributed by atoms with van der Waals surface area (Å²) in [6, 6.07) is 14.6. The molecule has 0 atom stereocenters. The van der Waals surface area contributed by atoms with E-state index in [0.29, 0.717) is 0 Å². The molecule has 0 amide bonds. The minimum atomic E-state index is 1.12. The first-order valence-electron chi connectivity index (χ1n) is 5.93. The van der Waals surface area contributed by atoms with Crippen LogP contribution in [0.2, 0.25) is 0 Å². The molecule has 0 spiro atoms. The van der Waals surface area contributed by atoms with Gasteiger partial charge in [-0.15, -0.1) is 0 Å². The number of hydrogen-bond acceptors (Lipinski definition) is 2. The Hall–Kier alpha value is -2.48. The van der Waals surface area contributed by atoms with Gasteiger partial charge in [-0.1, -0.05) is 30.3 Å². The summed E-state index contributed by atoms with van der Waals surface area (Å²) in [5, 5.41) is 0. The minimum absolute atomic E-state index is 1.12. The zero-order valence-electron chi connectivity index (χ0n) is 9.67. The highest BCUT2D eigenvalue weighted by Gasteiger charge is 2.20. The normalized spacial score (nSPS) is 11.3. The van der Waals surface area contributed by atoms with Crippen LogP contribution in [0.25, 0.3) is 33.5 Å². The second-order valence-electron chi connectivity index (χ2n) is 4.44. The smallest absolute Gasteiger partial charge is 0.0716 e. The van der Waals surface area contributed by atoms with Crippen molar-refractivity contribution in [2.45, 2.75) is 0 Å². The number of aromatic nitrogens is 2. The van der Waals surface area contributed by atoms with E-state index >= 15 is 0 Å². The quantitative estimate of drug-likeness (QED) is 0.523. The van der Waals surface area contributed by atoms with Gasteiger partial charge in [-0.2, -0.15) is 0 Å². The summed E-state index contributed by atoms with van der Waals surface area (Å²) in [5.74, 6) is 0. The summed E-state index contributed by atoms with van der Waals surface area (Å²) in [6.07, 6.45) is 5.73. The summed E-state index contributed by atoms with van der Waals surface area (Å²) in [5.41, 5.74) is 7.05. The SMILES string of the molecule is c1ccc(-c2cncc(-c3cnc4cc3-4)c2)cc1. The maximum absolute atomic E-state index is 4.34. The summed E-state index contributed by atoms with van der Waals surface area (Å²) >= 11 is 0. The fraction of sp³-hybridized carbons (Fsp3) is 0. The molecule has 4 rings (SSSR count). The lowest BCUT2D eigenvalue weighted by molar-refractivity contribution is 1.33. The van der Waals surface area contributed by atoms with Crippen molar-refractivity contribution < 1.29 is 0 Å². The third-order valence-electron chi connectivity index (χ3n) is 3.25. The van der Waals surface area contributed by atoms with Gasteiger partial charge in [0.2, 0.25) is 0 Å². The molecule has 0 saturated carbocycles. The van der Waals surface area contributed by atoms with E-state index in [2.05, 4.69) is 34.2 Å². The van der Waals surface area contributed by atoms with Crippen molar-refractivity contribution in [3.8, 4) is 33.5 Å². The Kier molecular flexibility index (Phi) is 1.86. The lowest BCUT2D eigenvalue weighted by Crippen LogP contribution is -1.82. The number of nitrogens with zero attached hydrogens (tertiary/aromatic N) is 2. The van der Waals surface area contributed by atoms with Crippen LogP contribution in [0.15, 0.2) is 61.1 Å². The van der Waals surface area contributed by atoms with Crippen LogP contribution >= 0.6 is 0 Å². The van der Waals surface area contributed by atoms with E-state index in [1.54, 1.807) is 0 Å². The molecule has 0 saturated heterocycles. The van der Waals surface area contributed by atoms with Crippen LogP contribution in [0.5, 0.6) is 0 Å². The van der Waals surface area contributed by atoms with Gasteiger partial charge in [-0.05, 0) is 17.7 Å². The maximum atomic E-state index is 4.34. The standard InChI is InChI=1S/C16H10N2/c1-2-4-11(5-3-1)12-6-13(9-17-8-12)15-10-18-16-7-14(15)16/h1-10H. The average Bonchev–Trinajstić information content (AvgIpc) is 3.11. The van der Waals surface area contributed by atoms with Crippen molar-refractivity contribution in [3.63, 3.8) is 0 Å². The molecule has 0 fully saturated rings. The summed E-state index contributed by atoms with van der Waals surface area (Å²) in [6.45, 7) is 0. The Labute approximate surface area is 105 Å². The van der Waals surface area contributed by atoms with Gasteiger partial charge in [-0.25, -0.2) is 0 Å². The Morgan fingerprint density at radius 2 is 1.50 bits per heavy atom. The predicted octanol–water partition coefficient (Wildman–Crippen LogP) is 3.79. The molecule has 1 aliphatic heterocycles. The van der Waals surface area contributed by atoms with Gasteiger partial charge >= 0.3 is 0 Å². The summed E-state index contributed by atoms with van der Waals surface area (Å²) in [7, 11) is 0. The highest BCUT2D eigenvalue weighted by Crippen LogP contribution is 2.41. The summed E-state index contributed by atoms with van der Waals surface area (Å²) in [4.78, 5) is 8.64. The third kappa shape index (κ3) is 1.43. The van der Waals surface area contributed by atoms with Gasteiger partial charge in [0.1, 0.15) is 0 Å². The topological polar surface area (TPSA) is 25.8 Å². The van der Waals surface area contributed by atoms with E-state index in [0.717, 1.165) is 16.8 Å². The molecular formula is C16H10N2. The molecule has 0 bridgehead atoms. The highest BCUT2D eigenvalue weighted by atomic mass is 14.7. The number of fused-ring (bicyclic) bond motifs is 1. The molecule has 1 aromatic heterocycles. The van der Waals surface area contributed by atoms with Crippen molar-refractivity contribution in [2.24, 2.45) is 0 Å². The van der Waals surface area contributed by atoms with Crippen LogP contribution in [0.4, 0.5) is 0 Å². The van der Waals surface area contributed by atoms with Gasteiger partial charge < -0.3 is 0 Å². The molecule has 0 N–H and O–H groups in total. The fourth-order valence-corrected chi connectivity index (χ4v) is 2.23. The Morgan fingerprint density at radius 1 is 0.667 bits per heavy atom. The number of rotatable bonds is 2. The maximum Gasteiger partial charge on any atom is 0.0716 e. The van der Waals surface area contributed by atoms with Gasteiger partial charge in [-0.3, -0.25) is 9.97 Å². The van der Waals surface area contributed by atoms with Gasteiger partial charge in [0.25, 0.3) is 0 Å². The molecule has 0 radical (unpaired) electrons. The Balaban J connectivity index is 1.81. The van der Waals surface area contributed by atoms with Crippen LogP contribution in [0, 0.1) is 0 Å². The molecular weight excluding hydrogens is 220 g/mol. The van der Waals surface area contributed by atoms with Gasteiger partial charge in [0.05, 0.1) is 5.69 Å². The highest BCUT2D eigenvalue weighted by molar-refractivity contribution is 5.93. The number of pyridine rings is 2. The van der Waals surface area contributed by atoms with Gasteiger partial charge in [0.15, 0.2) is 0 Å². The van der Waals surface area contributed by atoms with Crippen LogP contribution in [-0.4, -0.2) is 9.97 Å².